The molecule has 1 saturated heterocycles. The Labute approximate surface area is 245 Å². The van der Waals surface area contributed by atoms with E-state index in [2.05, 4.69) is 46.0 Å². The first kappa shape index (κ1) is 27.1. The number of amidine groups is 1. The number of thioether (sulfide) groups is 1. The summed E-state index contributed by atoms with van der Waals surface area (Å²) < 4.78 is 7.75. The Kier molecular flexibility index (Phi) is 8.30. The van der Waals surface area contributed by atoms with Crippen LogP contribution in [0.2, 0.25) is 0 Å². The molecule has 0 unspecified atom stereocenters. The lowest BCUT2D eigenvalue weighted by molar-refractivity contribution is -0.113. The second kappa shape index (κ2) is 12.6. The fourth-order valence-corrected chi connectivity index (χ4v) is 5.95. The number of amides is 1. The first-order chi connectivity index (χ1) is 20.2. The molecule has 208 valence electrons. The average Bonchev–Trinajstić information content (AvgIpc) is 3.61. The van der Waals surface area contributed by atoms with E-state index in [1.807, 2.05) is 77.6 Å². The molecule has 3 heterocycles. The highest BCUT2D eigenvalue weighted by Gasteiger charge is 2.29. The van der Waals surface area contributed by atoms with E-state index < -0.39 is 0 Å². The van der Waals surface area contributed by atoms with Gasteiger partial charge < -0.3 is 9.64 Å². The SMILES string of the molecule is CCCOc1cccc(-c2nn(-c3ccccc3)cc2C=C2SC(N3CCN(Cc4ccccc4)CC3)=NC2=O)c1. The molecule has 1 fully saturated rings. The molecule has 7 nitrogen and oxygen atoms in total. The Balaban J connectivity index is 1.21. The molecule has 6 rings (SSSR count). The van der Waals surface area contributed by atoms with Crippen molar-refractivity contribution in [2.24, 2.45) is 4.99 Å². The van der Waals surface area contributed by atoms with Gasteiger partial charge in [-0.2, -0.15) is 10.1 Å². The van der Waals surface area contributed by atoms with E-state index in [0.717, 1.165) is 72.6 Å². The molecular weight excluding hydrogens is 530 g/mol. The van der Waals surface area contributed by atoms with Crippen molar-refractivity contribution >= 4 is 28.9 Å². The van der Waals surface area contributed by atoms with Crippen molar-refractivity contribution in [3.63, 3.8) is 0 Å². The smallest absolute Gasteiger partial charge is 0.286 e. The summed E-state index contributed by atoms with van der Waals surface area (Å²) in [6, 6.07) is 28.5. The molecule has 0 aliphatic carbocycles. The number of hydrogen-bond acceptors (Lipinski definition) is 6. The minimum absolute atomic E-state index is 0.199. The van der Waals surface area contributed by atoms with E-state index in [4.69, 9.17) is 9.84 Å². The molecule has 3 aromatic carbocycles. The first-order valence-corrected chi connectivity index (χ1v) is 14.9. The van der Waals surface area contributed by atoms with Gasteiger partial charge in [0.1, 0.15) is 11.4 Å². The number of hydrogen-bond donors (Lipinski definition) is 0. The molecule has 1 amide bonds. The van der Waals surface area contributed by atoms with Crippen molar-refractivity contribution in [1.82, 2.24) is 19.6 Å². The number of ether oxygens (including phenoxy) is 1. The molecule has 0 bridgehead atoms. The zero-order chi connectivity index (χ0) is 28.0. The van der Waals surface area contributed by atoms with Gasteiger partial charge in [-0.05, 0) is 54.1 Å². The molecular formula is C33H33N5O2S. The quantitative estimate of drug-likeness (QED) is 0.241. The van der Waals surface area contributed by atoms with E-state index in [9.17, 15) is 4.79 Å². The Morgan fingerprint density at radius 1 is 0.927 bits per heavy atom. The highest BCUT2D eigenvalue weighted by molar-refractivity contribution is 8.18. The molecule has 4 aromatic rings. The third-order valence-corrected chi connectivity index (χ3v) is 8.18. The normalized spacial score (nSPS) is 16.8. The van der Waals surface area contributed by atoms with Crippen LogP contribution in [0.25, 0.3) is 23.0 Å². The maximum atomic E-state index is 13.1. The lowest BCUT2D eigenvalue weighted by Crippen LogP contribution is -2.47. The number of benzene rings is 3. The van der Waals surface area contributed by atoms with Crippen LogP contribution in [0.15, 0.2) is 101 Å². The molecule has 0 N–H and O–H groups in total. The van der Waals surface area contributed by atoms with E-state index in [1.54, 1.807) is 0 Å². The van der Waals surface area contributed by atoms with Crippen molar-refractivity contribution in [3.05, 3.63) is 107 Å². The number of carbonyl (C=O) groups is 1. The average molecular weight is 564 g/mol. The van der Waals surface area contributed by atoms with Gasteiger partial charge in [0.05, 0.1) is 17.2 Å². The molecule has 8 heteroatoms. The summed E-state index contributed by atoms with van der Waals surface area (Å²) in [5.74, 6) is 0.607. The molecule has 2 aliphatic rings. The Morgan fingerprint density at radius 2 is 1.68 bits per heavy atom. The Bertz CT molecular complexity index is 1560. The van der Waals surface area contributed by atoms with Crippen molar-refractivity contribution in [2.75, 3.05) is 32.8 Å². The van der Waals surface area contributed by atoms with E-state index in [-0.39, 0.29) is 5.91 Å². The van der Waals surface area contributed by atoms with E-state index in [0.29, 0.717) is 11.5 Å². The molecule has 0 radical (unpaired) electrons. The van der Waals surface area contributed by atoms with Crippen LogP contribution in [0.5, 0.6) is 5.75 Å². The van der Waals surface area contributed by atoms with Crippen molar-refractivity contribution in [2.45, 2.75) is 19.9 Å². The van der Waals surface area contributed by atoms with Gasteiger partial charge in [0, 0.05) is 50.0 Å². The Hall–Kier alpha value is -4.14. The number of aromatic nitrogens is 2. The van der Waals surface area contributed by atoms with Gasteiger partial charge in [0.2, 0.25) is 0 Å². The largest absolute Gasteiger partial charge is 0.494 e. The van der Waals surface area contributed by atoms with Crippen LogP contribution < -0.4 is 4.74 Å². The maximum Gasteiger partial charge on any atom is 0.286 e. The van der Waals surface area contributed by atoms with Gasteiger partial charge in [0.15, 0.2) is 5.17 Å². The topological polar surface area (TPSA) is 63.0 Å². The lowest BCUT2D eigenvalue weighted by Gasteiger charge is -2.35. The number of piperazine rings is 1. The molecule has 41 heavy (non-hydrogen) atoms. The molecule has 0 atom stereocenters. The third-order valence-electron chi connectivity index (χ3n) is 7.13. The second-order valence-corrected chi connectivity index (χ2v) is 11.2. The van der Waals surface area contributed by atoms with Crippen LogP contribution in [0.3, 0.4) is 0 Å². The minimum atomic E-state index is -0.199. The van der Waals surface area contributed by atoms with Gasteiger partial charge in [-0.15, -0.1) is 0 Å². The van der Waals surface area contributed by atoms with Gasteiger partial charge in [0.25, 0.3) is 5.91 Å². The van der Waals surface area contributed by atoms with Crippen molar-refractivity contribution in [1.29, 1.82) is 0 Å². The van der Waals surface area contributed by atoms with E-state index in [1.165, 1.54) is 17.3 Å². The zero-order valence-corrected chi connectivity index (χ0v) is 24.0. The second-order valence-electron chi connectivity index (χ2n) is 10.1. The van der Waals surface area contributed by atoms with Gasteiger partial charge >= 0.3 is 0 Å². The predicted octanol–water partition coefficient (Wildman–Crippen LogP) is 6.12. The number of carbonyl (C=O) groups excluding carboxylic acids is 1. The summed E-state index contributed by atoms with van der Waals surface area (Å²) >= 11 is 1.46. The third kappa shape index (κ3) is 6.45. The van der Waals surface area contributed by atoms with Crippen molar-refractivity contribution < 1.29 is 9.53 Å². The van der Waals surface area contributed by atoms with Crippen molar-refractivity contribution in [3.8, 4) is 22.7 Å². The summed E-state index contributed by atoms with van der Waals surface area (Å²) in [5, 5.41) is 5.72. The molecule has 0 spiro atoms. The summed E-state index contributed by atoms with van der Waals surface area (Å²) in [5.41, 5.74) is 4.86. The summed E-state index contributed by atoms with van der Waals surface area (Å²) in [6.07, 6.45) is 4.84. The van der Waals surface area contributed by atoms with Crippen LogP contribution in [0, 0.1) is 0 Å². The summed E-state index contributed by atoms with van der Waals surface area (Å²) in [4.78, 5) is 22.8. The van der Waals surface area contributed by atoms with E-state index >= 15 is 0 Å². The van der Waals surface area contributed by atoms with Gasteiger partial charge in [-0.3, -0.25) is 9.69 Å². The first-order valence-electron chi connectivity index (χ1n) is 14.1. The monoisotopic (exact) mass is 563 g/mol. The number of aliphatic imine (C=N–C) groups is 1. The number of nitrogens with zero attached hydrogens (tertiary/aromatic N) is 5. The highest BCUT2D eigenvalue weighted by atomic mass is 32.2. The van der Waals surface area contributed by atoms with Crippen LogP contribution in [-0.4, -0.2) is 63.4 Å². The highest BCUT2D eigenvalue weighted by Crippen LogP contribution is 2.34. The van der Waals surface area contributed by atoms with Gasteiger partial charge in [-0.25, -0.2) is 4.68 Å². The summed E-state index contributed by atoms with van der Waals surface area (Å²) in [6.45, 7) is 7.26. The van der Waals surface area contributed by atoms with Gasteiger partial charge in [-0.1, -0.05) is 67.6 Å². The molecule has 2 aliphatic heterocycles. The van der Waals surface area contributed by atoms with Crippen LogP contribution in [-0.2, 0) is 11.3 Å². The minimum Gasteiger partial charge on any atom is -0.494 e. The fourth-order valence-electron chi connectivity index (χ4n) is 5.00. The fraction of sp³-hybridized carbons (Fsp3) is 0.242. The number of para-hydroxylation sites is 1. The zero-order valence-electron chi connectivity index (χ0n) is 23.1. The standard InChI is InChI=1S/C33H33N5O2S/c1-2-20-40-29-15-9-12-26(21-29)31-27(24-38(35-31)28-13-7-4-8-14-28)22-30-32(39)34-33(41-30)37-18-16-36(17-19-37)23-25-10-5-3-6-11-25/h3-15,21-22,24H,2,16-20,23H2,1H3. The molecule has 0 saturated carbocycles. The maximum absolute atomic E-state index is 13.1. The Morgan fingerprint density at radius 3 is 2.44 bits per heavy atom. The van der Waals surface area contributed by atoms with Crippen LogP contribution in [0.1, 0.15) is 24.5 Å². The van der Waals surface area contributed by atoms with Crippen LogP contribution >= 0.6 is 11.8 Å². The van der Waals surface area contributed by atoms with Crippen LogP contribution in [0.4, 0.5) is 0 Å². The number of rotatable bonds is 8. The predicted molar refractivity (Wildman–Crippen MR) is 166 cm³/mol. The lowest BCUT2D eigenvalue weighted by atomic mass is 10.1. The summed E-state index contributed by atoms with van der Waals surface area (Å²) in [7, 11) is 0. The molecule has 1 aromatic heterocycles.